The van der Waals surface area contributed by atoms with Gasteiger partial charge in [0.05, 0.1) is 17.8 Å². The van der Waals surface area contributed by atoms with Crippen LogP contribution in [0.15, 0.2) is 54.6 Å². The lowest BCUT2D eigenvalue weighted by Gasteiger charge is -2.33. The molecule has 0 amide bonds. The molecule has 10 heteroatoms. The minimum atomic E-state index is -4.69. The maximum absolute atomic E-state index is 14.5. The van der Waals surface area contributed by atoms with Gasteiger partial charge < -0.3 is 10.0 Å². The Bertz CT molecular complexity index is 1410. The first-order valence-electron chi connectivity index (χ1n) is 11.8. The minimum Gasteiger partial charge on any atom is -0.396 e. The summed E-state index contributed by atoms with van der Waals surface area (Å²) in [6.07, 6.45) is -2.82. The van der Waals surface area contributed by atoms with Gasteiger partial charge in [0.15, 0.2) is 0 Å². The molecule has 0 unspecified atom stereocenters. The number of fused-ring (bicyclic) bond motifs is 1. The molecule has 194 valence electrons. The highest BCUT2D eigenvalue weighted by atomic mass is 19.4. The normalized spacial score (nSPS) is 16.5. The number of rotatable bonds is 5. The molecule has 1 atom stereocenters. The summed E-state index contributed by atoms with van der Waals surface area (Å²) in [5.41, 5.74) is -0.177. The third kappa shape index (κ3) is 4.90. The molecule has 37 heavy (non-hydrogen) atoms. The fourth-order valence-corrected chi connectivity index (χ4v) is 4.95. The van der Waals surface area contributed by atoms with Gasteiger partial charge in [0.25, 0.3) is 0 Å². The van der Waals surface area contributed by atoms with Crippen LogP contribution in [-0.2, 0) is 12.7 Å². The Morgan fingerprint density at radius 2 is 1.68 bits per heavy atom. The summed E-state index contributed by atoms with van der Waals surface area (Å²) in [4.78, 5) is 2.13. The van der Waals surface area contributed by atoms with E-state index in [-0.39, 0.29) is 29.1 Å². The van der Waals surface area contributed by atoms with Crippen molar-refractivity contribution in [2.75, 3.05) is 24.6 Å². The van der Waals surface area contributed by atoms with Crippen LogP contribution in [0.3, 0.4) is 0 Å². The number of piperidine rings is 1. The van der Waals surface area contributed by atoms with E-state index in [0.717, 1.165) is 35.8 Å². The molecule has 1 aromatic heterocycles. The molecule has 4 nitrogen and oxygen atoms in total. The van der Waals surface area contributed by atoms with Crippen molar-refractivity contribution >= 4 is 16.6 Å². The summed E-state index contributed by atoms with van der Waals surface area (Å²) in [6, 6.07) is 11.8. The fourth-order valence-electron chi connectivity index (χ4n) is 4.95. The number of hydrogen-bond donors (Lipinski definition) is 1. The van der Waals surface area contributed by atoms with Crippen LogP contribution < -0.4 is 4.90 Å². The number of aliphatic hydroxyl groups is 1. The van der Waals surface area contributed by atoms with Gasteiger partial charge >= 0.3 is 6.18 Å². The van der Waals surface area contributed by atoms with E-state index in [1.807, 2.05) is 12.1 Å². The van der Waals surface area contributed by atoms with Crippen LogP contribution in [-0.4, -0.2) is 34.6 Å². The van der Waals surface area contributed by atoms with Crippen molar-refractivity contribution in [2.45, 2.75) is 25.6 Å². The van der Waals surface area contributed by atoms with Crippen molar-refractivity contribution in [3.05, 3.63) is 83.2 Å². The Balaban J connectivity index is 1.62. The highest BCUT2D eigenvalue weighted by molar-refractivity contribution is 5.95. The molecule has 0 saturated carbocycles. The molecule has 5 rings (SSSR count). The summed E-state index contributed by atoms with van der Waals surface area (Å²) >= 11 is 0. The largest absolute Gasteiger partial charge is 0.418 e. The Kier molecular flexibility index (Phi) is 6.61. The third-order valence-corrected chi connectivity index (χ3v) is 6.77. The SMILES string of the molecule is OC[C@H]1CCCN(c2ccc(-c3c4cccc(C(F)(F)F)c4nn3Cc3c(F)cc(F)cc3F)cc2)C1. The van der Waals surface area contributed by atoms with E-state index in [1.54, 1.807) is 12.1 Å². The van der Waals surface area contributed by atoms with Crippen molar-refractivity contribution in [3.63, 3.8) is 0 Å². The van der Waals surface area contributed by atoms with E-state index in [9.17, 15) is 31.4 Å². The van der Waals surface area contributed by atoms with E-state index in [0.29, 0.717) is 24.2 Å². The second kappa shape index (κ2) is 9.74. The van der Waals surface area contributed by atoms with Gasteiger partial charge in [-0.1, -0.05) is 24.3 Å². The maximum atomic E-state index is 14.5. The number of nitrogens with zero attached hydrogens (tertiary/aromatic N) is 3. The maximum Gasteiger partial charge on any atom is 0.418 e. The van der Waals surface area contributed by atoms with Crippen molar-refractivity contribution < 1.29 is 31.4 Å². The second-order valence-electron chi connectivity index (χ2n) is 9.24. The molecule has 1 aliphatic heterocycles. The van der Waals surface area contributed by atoms with Gasteiger partial charge in [-0.2, -0.15) is 18.3 Å². The summed E-state index contributed by atoms with van der Waals surface area (Å²) < 4.78 is 84.7. The summed E-state index contributed by atoms with van der Waals surface area (Å²) in [5, 5.41) is 13.8. The zero-order chi connectivity index (χ0) is 26.3. The molecular weight excluding hydrogens is 496 g/mol. The van der Waals surface area contributed by atoms with Crippen LogP contribution in [0.4, 0.5) is 32.0 Å². The van der Waals surface area contributed by atoms with E-state index in [1.165, 1.54) is 12.1 Å². The molecule has 3 aromatic carbocycles. The Morgan fingerprint density at radius 1 is 0.973 bits per heavy atom. The minimum absolute atomic E-state index is 0.0950. The van der Waals surface area contributed by atoms with Crippen LogP contribution in [0.25, 0.3) is 22.2 Å². The topological polar surface area (TPSA) is 41.3 Å². The molecule has 1 fully saturated rings. The molecule has 4 aromatic rings. The van der Waals surface area contributed by atoms with E-state index >= 15 is 0 Å². The Labute approximate surface area is 208 Å². The lowest BCUT2D eigenvalue weighted by Crippen LogP contribution is -2.36. The number of halogens is 6. The lowest BCUT2D eigenvalue weighted by molar-refractivity contribution is -0.136. The van der Waals surface area contributed by atoms with Gasteiger partial charge in [-0.25, -0.2) is 13.2 Å². The smallest absolute Gasteiger partial charge is 0.396 e. The average molecular weight is 519 g/mol. The van der Waals surface area contributed by atoms with E-state index in [4.69, 9.17) is 0 Å². The standard InChI is InChI=1S/C27H23F6N3O/c28-18-11-23(29)21(24(30)12-18)14-36-26(20-4-1-5-22(25(20)34-36)27(31,32)33)17-6-8-19(9-7-17)35-10-2-3-16(13-35)15-37/h1,4-9,11-12,16,37H,2-3,10,13-15H2/t16-/m0/s1. The van der Waals surface area contributed by atoms with E-state index in [2.05, 4.69) is 10.00 Å². The second-order valence-corrected chi connectivity index (χ2v) is 9.24. The van der Waals surface area contributed by atoms with Crippen molar-refractivity contribution in [3.8, 4) is 11.3 Å². The highest BCUT2D eigenvalue weighted by Crippen LogP contribution is 2.39. The van der Waals surface area contributed by atoms with Crippen LogP contribution in [0.2, 0.25) is 0 Å². The third-order valence-electron chi connectivity index (χ3n) is 6.77. The van der Waals surface area contributed by atoms with Crippen molar-refractivity contribution in [2.24, 2.45) is 5.92 Å². The Morgan fingerprint density at radius 3 is 2.32 bits per heavy atom. The molecule has 2 heterocycles. The zero-order valence-corrected chi connectivity index (χ0v) is 19.6. The highest BCUT2D eigenvalue weighted by Gasteiger charge is 2.35. The molecule has 1 aliphatic rings. The molecular formula is C27H23F6N3O. The first-order chi connectivity index (χ1) is 17.7. The predicted octanol–water partition coefficient (Wildman–Crippen LogP) is 6.40. The van der Waals surface area contributed by atoms with Gasteiger partial charge in [0, 0.05) is 54.0 Å². The van der Waals surface area contributed by atoms with E-state index < -0.39 is 41.3 Å². The number of alkyl halides is 3. The van der Waals surface area contributed by atoms with Gasteiger partial charge in [-0.15, -0.1) is 0 Å². The molecule has 1 N–H and O–H groups in total. The summed E-state index contributed by atoms with van der Waals surface area (Å²) in [5.74, 6) is -3.24. The molecule has 0 radical (unpaired) electrons. The van der Waals surface area contributed by atoms with Crippen LogP contribution in [0, 0.1) is 23.4 Å². The summed E-state index contributed by atoms with van der Waals surface area (Å²) in [6.45, 7) is 1.06. The first-order valence-corrected chi connectivity index (χ1v) is 11.8. The van der Waals surface area contributed by atoms with Gasteiger partial charge in [0.2, 0.25) is 0 Å². The first kappa shape index (κ1) is 25.1. The van der Waals surface area contributed by atoms with Crippen LogP contribution >= 0.6 is 0 Å². The van der Waals surface area contributed by atoms with Gasteiger partial charge in [-0.3, -0.25) is 4.68 Å². The molecule has 0 bridgehead atoms. The predicted molar refractivity (Wildman–Crippen MR) is 128 cm³/mol. The van der Waals surface area contributed by atoms with Crippen molar-refractivity contribution in [1.29, 1.82) is 0 Å². The average Bonchev–Trinajstić information content (AvgIpc) is 3.23. The van der Waals surface area contributed by atoms with Gasteiger partial charge in [0.1, 0.15) is 23.0 Å². The van der Waals surface area contributed by atoms with Crippen molar-refractivity contribution in [1.82, 2.24) is 9.78 Å². The van der Waals surface area contributed by atoms with Gasteiger partial charge in [-0.05, 0) is 37.0 Å². The van der Waals surface area contributed by atoms with Crippen LogP contribution in [0.1, 0.15) is 24.0 Å². The number of benzene rings is 3. The zero-order valence-electron chi connectivity index (χ0n) is 19.6. The monoisotopic (exact) mass is 519 g/mol. The number of aromatic nitrogens is 2. The van der Waals surface area contributed by atoms with Crippen LogP contribution in [0.5, 0.6) is 0 Å². The summed E-state index contributed by atoms with van der Waals surface area (Å²) in [7, 11) is 0. The fraction of sp³-hybridized carbons (Fsp3) is 0.296. The quantitative estimate of drug-likeness (QED) is 0.311. The molecule has 1 saturated heterocycles. The Hall–Kier alpha value is -3.53. The molecule has 0 spiro atoms. The number of aliphatic hydroxyl groups excluding tert-OH is 1. The number of hydrogen-bond acceptors (Lipinski definition) is 3. The lowest BCUT2D eigenvalue weighted by atomic mass is 9.98. The number of anilines is 1. The molecule has 0 aliphatic carbocycles.